The summed E-state index contributed by atoms with van der Waals surface area (Å²) in [6.45, 7) is 0. The summed E-state index contributed by atoms with van der Waals surface area (Å²) in [4.78, 5) is 0. The first-order chi connectivity index (χ1) is 8.67. The molecule has 1 unspecified atom stereocenters. The predicted molar refractivity (Wildman–Crippen MR) is 69.8 cm³/mol. The van der Waals surface area contributed by atoms with Gasteiger partial charge in [0.15, 0.2) is 9.84 Å². The summed E-state index contributed by atoms with van der Waals surface area (Å²) in [5.41, 5.74) is -0.885. The lowest BCUT2D eigenvalue weighted by molar-refractivity contribution is -0.137. The number of nitrogens with one attached hydrogen (secondary N) is 1. The Balaban J connectivity index is 2.27. The van der Waals surface area contributed by atoms with Crippen LogP contribution in [0.4, 0.5) is 18.9 Å². The van der Waals surface area contributed by atoms with Crippen LogP contribution in [0, 0.1) is 0 Å². The van der Waals surface area contributed by atoms with E-state index < -0.39 is 27.6 Å². The van der Waals surface area contributed by atoms with Crippen molar-refractivity contribution in [2.75, 3.05) is 16.8 Å². The standard InChI is InChI=1S/C11H11BrF3NO2S/c12-7-1-2-9(11(13,14)15)10(5-7)16-8-3-4-19(17,18)6-8/h1-2,5,8,16H,3-4,6H2. The molecule has 1 aromatic rings. The van der Waals surface area contributed by atoms with Gasteiger partial charge in [-0.1, -0.05) is 15.9 Å². The molecule has 0 saturated carbocycles. The molecule has 1 fully saturated rings. The topological polar surface area (TPSA) is 46.2 Å². The smallest absolute Gasteiger partial charge is 0.381 e. The van der Waals surface area contributed by atoms with E-state index in [-0.39, 0.29) is 17.2 Å². The maximum Gasteiger partial charge on any atom is 0.418 e. The van der Waals surface area contributed by atoms with E-state index in [1.807, 2.05) is 0 Å². The minimum atomic E-state index is -4.47. The van der Waals surface area contributed by atoms with Crippen molar-refractivity contribution in [3.63, 3.8) is 0 Å². The maximum absolute atomic E-state index is 12.8. The molecule has 3 nitrogen and oxygen atoms in total. The molecule has 0 aromatic heterocycles. The number of alkyl halides is 3. The Bertz CT molecular complexity index is 586. The van der Waals surface area contributed by atoms with E-state index in [1.54, 1.807) is 0 Å². The summed E-state index contributed by atoms with van der Waals surface area (Å²) >= 11 is 3.11. The molecule has 1 atom stereocenters. The van der Waals surface area contributed by atoms with Crippen LogP contribution < -0.4 is 5.32 Å². The summed E-state index contributed by atoms with van der Waals surface area (Å²) < 4.78 is 61.6. The second kappa shape index (κ2) is 4.97. The highest BCUT2D eigenvalue weighted by Gasteiger charge is 2.35. The molecule has 1 aromatic carbocycles. The number of hydrogen-bond donors (Lipinski definition) is 1. The van der Waals surface area contributed by atoms with Crippen molar-refractivity contribution < 1.29 is 21.6 Å². The Morgan fingerprint density at radius 2 is 2.00 bits per heavy atom. The molecule has 0 aliphatic carbocycles. The van der Waals surface area contributed by atoms with Gasteiger partial charge in [0.25, 0.3) is 0 Å². The number of rotatable bonds is 2. The van der Waals surface area contributed by atoms with Gasteiger partial charge in [-0.3, -0.25) is 0 Å². The second-order valence-corrected chi connectivity index (χ2v) is 7.58. The summed E-state index contributed by atoms with van der Waals surface area (Å²) in [6, 6.07) is 3.11. The summed E-state index contributed by atoms with van der Waals surface area (Å²) in [6.07, 6.45) is -4.15. The first-order valence-electron chi connectivity index (χ1n) is 5.51. The van der Waals surface area contributed by atoms with Gasteiger partial charge in [0, 0.05) is 16.2 Å². The molecule has 19 heavy (non-hydrogen) atoms. The van der Waals surface area contributed by atoms with Gasteiger partial charge >= 0.3 is 6.18 Å². The number of hydrogen-bond acceptors (Lipinski definition) is 3. The van der Waals surface area contributed by atoms with Gasteiger partial charge in [-0.2, -0.15) is 13.2 Å². The number of sulfone groups is 1. The molecule has 1 aliphatic rings. The molecule has 1 N–H and O–H groups in total. The molecule has 1 heterocycles. The Kier molecular flexibility index (Phi) is 3.83. The van der Waals surface area contributed by atoms with E-state index >= 15 is 0 Å². The zero-order valence-electron chi connectivity index (χ0n) is 9.67. The van der Waals surface area contributed by atoms with Crippen molar-refractivity contribution in [3.8, 4) is 0 Å². The van der Waals surface area contributed by atoms with Gasteiger partial charge in [0.1, 0.15) is 0 Å². The zero-order valence-corrected chi connectivity index (χ0v) is 12.1. The molecule has 0 radical (unpaired) electrons. The highest BCUT2D eigenvalue weighted by molar-refractivity contribution is 9.10. The summed E-state index contributed by atoms with van der Waals surface area (Å²) in [5.74, 6) is -0.114. The molecule has 1 saturated heterocycles. The summed E-state index contributed by atoms with van der Waals surface area (Å²) in [5, 5.41) is 2.68. The van der Waals surface area contributed by atoms with Crippen molar-refractivity contribution >= 4 is 31.5 Å². The average Bonchev–Trinajstić information content (AvgIpc) is 2.56. The normalized spacial score (nSPS) is 22.4. The van der Waals surface area contributed by atoms with E-state index in [0.29, 0.717) is 10.9 Å². The predicted octanol–water partition coefficient (Wildman–Crippen LogP) is 3.07. The van der Waals surface area contributed by atoms with Crippen LogP contribution in [0.25, 0.3) is 0 Å². The third kappa shape index (κ3) is 3.62. The Labute approximate surface area is 117 Å². The molecule has 0 amide bonds. The third-order valence-electron chi connectivity index (χ3n) is 2.88. The Hall–Kier alpha value is -0.760. The van der Waals surface area contributed by atoms with E-state index in [4.69, 9.17) is 0 Å². The lowest BCUT2D eigenvalue weighted by Gasteiger charge is -2.18. The lowest BCUT2D eigenvalue weighted by Crippen LogP contribution is -2.22. The molecule has 0 bridgehead atoms. The molecule has 2 rings (SSSR count). The number of benzene rings is 1. The van der Waals surface area contributed by atoms with E-state index in [9.17, 15) is 21.6 Å². The van der Waals surface area contributed by atoms with Crippen molar-refractivity contribution in [2.45, 2.75) is 18.6 Å². The van der Waals surface area contributed by atoms with Crippen LogP contribution in [0.2, 0.25) is 0 Å². The van der Waals surface area contributed by atoms with Gasteiger partial charge in [-0.05, 0) is 24.6 Å². The average molecular weight is 358 g/mol. The fourth-order valence-corrected chi connectivity index (χ4v) is 4.05. The van der Waals surface area contributed by atoms with Crippen molar-refractivity contribution in [2.24, 2.45) is 0 Å². The number of halogens is 4. The lowest BCUT2D eigenvalue weighted by atomic mass is 10.1. The largest absolute Gasteiger partial charge is 0.418 e. The Morgan fingerprint density at radius 1 is 1.32 bits per heavy atom. The highest BCUT2D eigenvalue weighted by Crippen LogP contribution is 2.37. The zero-order chi connectivity index (χ0) is 14.3. The minimum Gasteiger partial charge on any atom is -0.381 e. The summed E-state index contributed by atoms with van der Waals surface area (Å²) in [7, 11) is -3.13. The van der Waals surface area contributed by atoms with Crippen LogP contribution in [0.1, 0.15) is 12.0 Å². The number of anilines is 1. The van der Waals surface area contributed by atoms with Crippen molar-refractivity contribution in [3.05, 3.63) is 28.2 Å². The van der Waals surface area contributed by atoms with Crippen LogP contribution in [-0.4, -0.2) is 26.0 Å². The molecular weight excluding hydrogens is 347 g/mol. The third-order valence-corrected chi connectivity index (χ3v) is 5.14. The molecule has 106 valence electrons. The maximum atomic E-state index is 12.8. The first-order valence-corrected chi connectivity index (χ1v) is 8.12. The van der Waals surface area contributed by atoms with Gasteiger partial charge in [0.05, 0.1) is 17.1 Å². The van der Waals surface area contributed by atoms with Crippen LogP contribution in [0.15, 0.2) is 22.7 Å². The molecular formula is C11H11BrF3NO2S. The minimum absolute atomic E-state index is 0.0139. The van der Waals surface area contributed by atoms with Crippen molar-refractivity contribution in [1.82, 2.24) is 0 Å². The van der Waals surface area contributed by atoms with E-state index in [0.717, 1.165) is 6.07 Å². The first kappa shape index (κ1) is 14.6. The van der Waals surface area contributed by atoms with E-state index in [2.05, 4.69) is 21.2 Å². The van der Waals surface area contributed by atoms with Crippen LogP contribution in [-0.2, 0) is 16.0 Å². The van der Waals surface area contributed by atoms with Crippen LogP contribution in [0.5, 0.6) is 0 Å². The molecule has 8 heteroatoms. The van der Waals surface area contributed by atoms with E-state index in [1.165, 1.54) is 12.1 Å². The van der Waals surface area contributed by atoms with Crippen molar-refractivity contribution in [1.29, 1.82) is 0 Å². The SMILES string of the molecule is O=S1(=O)CCC(Nc2cc(Br)ccc2C(F)(F)F)C1. The fraction of sp³-hybridized carbons (Fsp3) is 0.455. The quantitative estimate of drug-likeness (QED) is 0.884. The fourth-order valence-electron chi connectivity index (χ4n) is 2.01. The van der Waals surface area contributed by atoms with Gasteiger partial charge in [-0.15, -0.1) is 0 Å². The highest BCUT2D eigenvalue weighted by atomic mass is 79.9. The molecule has 1 aliphatic heterocycles. The second-order valence-electron chi connectivity index (χ2n) is 4.43. The Morgan fingerprint density at radius 3 is 2.53 bits per heavy atom. The van der Waals surface area contributed by atoms with Gasteiger partial charge in [-0.25, -0.2) is 8.42 Å². The monoisotopic (exact) mass is 357 g/mol. The van der Waals surface area contributed by atoms with Crippen LogP contribution >= 0.6 is 15.9 Å². The van der Waals surface area contributed by atoms with Gasteiger partial charge < -0.3 is 5.32 Å². The van der Waals surface area contributed by atoms with Crippen LogP contribution in [0.3, 0.4) is 0 Å². The molecule has 0 spiro atoms. The van der Waals surface area contributed by atoms with Gasteiger partial charge in [0.2, 0.25) is 0 Å².